The molecule has 5 nitrogen and oxygen atoms in total. The van der Waals surface area contributed by atoms with Crippen molar-refractivity contribution < 1.29 is 19.4 Å². The van der Waals surface area contributed by atoms with Gasteiger partial charge < -0.3 is 15.2 Å². The Kier molecular flexibility index (Phi) is 6.01. The standard InChI is InChI=1S/C14H18BrNO4/c1-8(2)9(3)16-13(17)7-20-12-5-4-10(14(18)19)6-11(12)15/h4-6,8-9H,7H2,1-3H3,(H,16,17)(H,18,19). The van der Waals surface area contributed by atoms with Crippen molar-refractivity contribution in [1.29, 1.82) is 0 Å². The van der Waals surface area contributed by atoms with Crippen LogP contribution in [0.15, 0.2) is 22.7 Å². The molecule has 1 rings (SSSR count). The largest absolute Gasteiger partial charge is 0.483 e. The second-order valence-electron chi connectivity index (χ2n) is 4.84. The van der Waals surface area contributed by atoms with Crippen LogP contribution in [0.25, 0.3) is 0 Å². The molecule has 0 fully saturated rings. The Morgan fingerprint density at radius 1 is 1.35 bits per heavy atom. The van der Waals surface area contributed by atoms with Crippen LogP contribution in [0.2, 0.25) is 0 Å². The first-order chi connectivity index (χ1) is 9.31. The van der Waals surface area contributed by atoms with Gasteiger partial charge >= 0.3 is 5.97 Å². The molecule has 6 heteroatoms. The monoisotopic (exact) mass is 343 g/mol. The molecule has 0 aromatic heterocycles. The lowest BCUT2D eigenvalue weighted by molar-refractivity contribution is -0.124. The van der Waals surface area contributed by atoms with E-state index in [1.165, 1.54) is 18.2 Å². The van der Waals surface area contributed by atoms with Gasteiger partial charge in [0.05, 0.1) is 10.0 Å². The molecule has 0 radical (unpaired) electrons. The highest BCUT2D eigenvalue weighted by Gasteiger charge is 2.12. The molecule has 0 saturated heterocycles. The first kappa shape index (κ1) is 16.5. The summed E-state index contributed by atoms with van der Waals surface area (Å²) in [6.07, 6.45) is 0. The molecule has 20 heavy (non-hydrogen) atoms. The second-order valence-corrected chi connectivity index (χ2v) is 5.69. The SMILES string of the molecule is CC(C)C(C)NC(=O)COc1ccc(C(=O)O)cc1Br. The van der Waals surface area contributed by atoms with Crippen LogP contribution in [0.3, 0.4) is 0 Å². The van der Waals surface area contributed by atoms with Gasteiger partial charge in [-0.05, 0) is 47.0 Å². The Morgan fingerprint density at radius 2 is 2.00 bits per heavy atom. The van der Waals surface area contributed by atoms with Gasteiger partial charge in [-0.2, -0.15) is 0 Å². The molecule has 0 aliphatic rings. The van der Waals surface area contributed by atoms with Gasteiger partial charge in [0.25, 0.3) is 5.91 Å². The van der Waals surface area contributed by atoms with Gasteiger partial charge in [0.15, 0.2) is 6.61 Å². The van der Waals surface area contributed by atoms with Crippen LogP contribution in [0, 0.1) is 5.92 Å². The number of rotatable bonds is 6. The Hall–Kier alpha value is -1.56. The molecule has 1 atom stereocenters. The van der Waals surface area contributed by atoms with E-state index in [0.717, 1.165) is 0 Å². The summed E-state index contributed by atoms with van der Waals surface area (Å²) in [4.78, 5) is 22.5. The Labute approximate surface area is 126 Å². The zero-order valence-corrected chi connectivity index (χ0v) is 13.2. The third-order valence-corrected chi connectivity index (χ3v) is 3.55. The topological polar surface area (TPSA) is 75.6 Å². The number of amides is 1. The molecule has 0 aliphatic carbocycles. The molecular formula is C14H18BrNO4. The van der Waals surface area contributed by atoms with E-state index in [1.54, 1.807) is 0 Å². The molecule has 1 amide bonds. The van der Waals surface area contributed by atoms with Crippen LogP contribution in [0.5, 0.6) is 5.75 Å². The number of carbonyl (C=O) groups excluding carboxylic acids is 1. The van der Waals surface area contributed by atoms with Crippen molar-refractivity contribution in [2.24, 2.45) is 5.92 Å². The minimum atomic E-state index is -1.01. The summed E-state index contributed by atoms with van der Waals surface area (Å²) in [6.45, 7) is 5.86. The van der Waals surface area contributed by atoms with Crippen LogP contribution in [0.1, 0.15) is 31.1 Å². The summed E-state index contributed by atoms with van der Waals surface area (Å²) in [5, 5.41) is 11.7. The number of nitrogens with one attached hydrogen (secondary N) is 1. The highest BCUT2D eigenvalue weighted by molar-refractivity contribution is 9.10. The lowest BCUT2D eigenvalue weighted by Crippen LogP contribution is -2.38. The van der Waals surface area contributed by atoms with E-state index in [0.29, 0.717) is 16.1 Å². The minimum absolute atomic E-state index is 0.0731. The van der Waals surface area contributed by atoms with Crippen LogP contribution in [-0.2, 0) is 4.79 Å². The number of benzene rings is 1. The van der Waals surface area contributed by atoms with E-state index < -0.39 is 5.97 Å². The van der Waals surface area contributed by atoms with E-state index in [-0.39, 0.29) is 24.1 Å². The summed E-state index contributed by atoms with van der Waals surface area (Å²) >= 11 is 3.22. The number of carboxylic acids is 1. The highest BCUT2D eigenvalue weighted by Crippen LogP contribution is 2.25. The van der Waals surface area contributed by atoms with Gasteiger partial charge in [0, 0.05) is 6.04 Å². The van der Waals surface area contributed by atoms with Gasteiger partial charge in [-0.25, -0.2) is 4.79 Å². The third-order valence-electron chi connectivity index (χ3n) is 2.93. The maximum Gasteiger partial charge on any atom is 0.335 e. The molecule has 0 heterocycles. The van der Waals surface area contributed by atoms with Crippen LogP contribution >= 0.6 is 15.9 Å². The van der Waals surface area contributed by atoms with Crippen molar-refractivity contribution in [2.75, 3.05) is 6.61 Å². The summed E-state index contributed by atoms with van der Waals surface area (Å²) < 4.78 is 5.86. The number of hydrogen-bond acceptors (Lipinski definition) is 3. The average molecular weight is 344 g/mol. The number of carbonyl (C=O) groups is 2. The molecule has 2 N–H and O–H groups in total. The number of hydrogen-bond donors (Lipinski definition) is 2. The molecule has 0 aliphatic heterocycles. The van der Waals surface area contributed by atoms with Crippen molar-refractivity contribution in [1.82, 2.24) is 5.32 Å². The fraction of sp³-hybridized carbons (Fsp3) is 0.429. The highest BCUT2D eigenvalue weighted by atomic mass is 79.9. The molecular weight excluding hydrogens is 326 g/mol. The third kappa shape index (κ3) is 4.85. The van der Waals surface area contributed by atoms with Crippen molar-refractivity contribution in [3.63, 3.8) is 0 Å². The number of aromatic carboxylic acids is 1. The average Bonchev–Trinajstić information content (AvgIpc) is 2.36. The smallest absolute Gasteiger partial charge is 0.335 e. The van der Waals surface area contributed by atoms with Crippen molar-refractivity contribution in [2.45, 2.75) is 26.8 Å². The molecule has 110 valence electrons. The lowest BCUT2D eigenvalue weighted by atomic mass is 10.1. The number of halogens is 1. The maximum atomic E-state index is 11.7. The molecule has 1 aromatic rings. The van der Waals surface area contributed by atoms with Crippen LogP contribution < -0.4 is 10.1 Å². The molecule has 1 aromatic carbocycles. The number of ether oxygens (including phenoxy) is 1. The van der Waals surface area contributed by atoms with E-state index in [1.807, 2.05) is 20.8 Å². The van der Waals surface area contributed by atoms with Crippen molar-refractivity contribution in [3.05, 3.63) is 28.2 Å². The fourth-order valence-electron chi connectivity index (χ4n) is 1.36. The van der Waals surface area contributed by atoms with Gasteiger partial charge in [-0.3, -0.25) is 4.79 Å². The summed E-state index contributed by atoms with van der Waals surface area (Å²) in [7, 11) is 0. The van der Waals surface area contributed by atoms with E-state index in [9.17, 15) is 9.59 Å². The second kappa shape index (κ2) is 7.28. The molecule has 0 bridgehead atoms. The van der Waals surface area contributed by atoms with Gasteiger partial charge in [0.2, 0.25) is 0 Å². The van der Waals surface area contributed by atoms with Gasteiger partial charge in [-0.15, -0.1) is 0 Å². The van der Waals surface area contributed by atoms with Gasteiger partial charge in [0.1, 0.15) is 5.75 Å². The van der Waals surface area contributed by atoms with Crippen LogP contribution in [-0.4, -0.2) is 29.6 Å². The van der Waals surface area contributed by atoms with Gasteiger partial charge in [-0.1, -0.05) is 13.8 Å². The Morgan fingerprint density at radius 3 is 2.50 bits per heavy atom. The quantitative estimate of drug-likeness (QED) is 0.832. The first-order valence-corrected chi connectivity index (χ1v) is 7.05. The van der Waals surface area contributed by atoms with E-state index in [2.05, 4.69) is 21.2 Å². The van der Waals surface area contributed by atoms with Crippen LogP contribution in [0.4, 0.5) is 0 Å². The molecule has 0 spiro atoms. The Balaban J connectivity index is 2.58. The molecule has 0 saturated carbocycles. The van der Waals surface area contributed by atoms with E-state index in [4.69, 9.17) is 9.84 Å². The summed E-state index contributed by atoms with van der Waals surface area (Å²) in [5.74, 6) is -0.441. The zero-order valence-electron chi connectivity index (χ0n) is 11.6. The summed E-state index contributed by atoms with van der Waals surface area (Å²) in [5.41, 5.74) is 0.155. The normalized spacial score (nSPS) is 12.1. The predicted octanol–water partition coefficient (Wildman–Crippen LogP) is 2.69. The predicted molar refractivity (Wildman–Crippen MR) is 79.0 cm³/mol. The summed E-state index contributed by atoms with van der Waals surface area (Å²) in [6, 6.07) is 4.46. The minimum Gasteiger partial charge on any atom is -0.483 e. The van der Waals surface area contributed by atoms with Crippen molar-refractivity contribution >= 4 is 27.8 Å². The maximum absolute atomic E-state index is 11.7. The fourth-order valence-corrected chi connectivity index (χ4v) is 1.85. The zero-order chi connectivity index (χ0) is 15.3. The number of carboxylic acid groups (broad SMARTS) is 1. The lowest BCUT2D eigenvalue weighted by Gasteiger charge is -2.17. The van der Waals surface area contributed by atoms with E-state index >= 15 is 0 Å². The molecule has 1 unspecified atom stereocenters. The first-order valence-electron chi connectivity index (χ1n) is 6.26. The van der Waals surface area contributed by atoms with Crippen molar-refractivity contribution in [3.8, 4) is 5.75 Å². The Bertz CT molecular complexity index is 502.